The summed E-state index contributed by atoms with van der Waals surface area (Å²) in [5.41, 5.74) is 5.11. The molecule has 0 saturated heterocycles. The fourth-order valence-electron chi connectivity index (χ4n) is 4.66. The Hall–Kier alpha value is -4.26. The molecule has 0 spiro atoms. The summed E-state index contributed by atoms with van der Waals surface area (Å²) < 4.78 is 19.6. The predicted octanol–water partition coefficient (Wildman–Crippen LogP) is 4.86. The standard InChI is InChI=1S/C26H22N4O3/c1-31-20-13-12-17(14-21(20)32-2)25-22-23(18-10-6-7-11-19(18)33-25)29-26-27-15-28-30(26)24(22)16-8-4-3-5-9-16/h3-15,24-25H,1-2H3,(H,27,28,29)/t24-,25+/m0/s1. The van der Waals surface area contributed by atoms with E-state index in [0.29, 0.717) is 17.4 Å². The monoisotopic (exact) mass is 438 g/mol. The maximum absolute atomic E-state index is 6.65. The number of nitrogens with one attached hydrogen (secondary N) is 1. The van der Waals surface area contributed by atoms with Crippen molar-refractivity contribution < 1.29 is 14.2 Å². The third-order valence-corrected chi connectivity index (χ3v) is 6.15. The third kappa shape index (κ3) is 3.04. The lowest BCUT2D eigenvalue weighted by Gasteiger charge is -2.39. The molecule has 0 fully saturated rings. The molecule has 2 aliphatic heterocycles. The summed E-state index contributed by atoms with van der Waals surface area (Å²) >= 11 is 0. The Balaban J connectivity index is 1.60. The van der Waals surface area contributed by atoms with Gasteiger partial charge in [-0.3, -0.25) is 0 Å². The average Bonchev–Trinajstić information content (AvgIpc) is 3.35. The summed E-state index contributed by atoms with van der Waals surface area (Å²) in [4.78, 5) is 4.47. The van der Waals surface area contributed by atoms with Crippen LogP contribution in [0.25, 0.3) is 5.70 Å². The summed E-state index contributed by atoms with van der Waals surface area (Å²) in [7, 11) is 3.27. The first kappa shape index (κ1) is 19.4. The lowest BCUT2D eigenvalue weighted by atomic mass is 9.84. The molecule has 1 N–H and O–H groups in total. The van der Waals surface area contributed by atoms with Crippen LogP contribution in [0.1, 0.15) is 28.8 Å². The molecule has 0 saturated carbocycles. The van der Waals surface area contributed by atoms with Crippen molar-refractivity contribution in [3.8, 4) is 17.2 Å². The Morgan fingerprint density at radius 3 is 2.48 bits per heavy atom. The molecule has 0 bridgehead atoms. The van der Waals surface area contributed by atoms with E-state index in [2.05, 4.69) is 33.6 Å². The minimum absolute atomic E-state index is 0.189. The van der Waals surface area contributed by atoms with Gasteiger partial charge in [0.1, 0.15) is 24.2 Å². The van der Waals surface area contributed by atoms with Crippen LogP contribution in [0.5, 0.6) is 17.2 Å². The second kappa shape index (κ2) is 7.70. The topological polar surface area (TPSA) is 70.4 Å². The predicted molar refractivity (Wildman–Crippen MR) is 125 cm³/mol. The highest BCUT2D eigenvalue weighted by Gasteiger charge is 2.41. The highest BCUT2D eigenvalue weighted by Crippen LogP contribution is 2.51. The lowest BCUT2D eigenvalue weighted by Crippen LogP contribution is -2.32. The maximum Gasteiger partial charge on any atom is 0.226 e. The Bertz CT molecular complexity index is 1360. The molecule has 0 unspecified atom stereocenters. The molecule has 0 amide bonds. The Labute approximate surface area is 191 Å². The van der Waals surface area contributed by atoms with E-state index in [9.17, 15) is 0 Å². The van der Waals surface area contributed by atoms with E-state index in [1.165, 1.54) is 0 Å². The first-order chi connectivity index (χ1) is 16.3. The highest BCUT2D eigenvalue weighted by atomic mass is 16.5. The SMILES string of the molecule is COc1ccc([C@H]2Oc3ccccc3C3=C2[C@H](c2ccccc2)n2ncnc2N3)cc1OC. The summed E-state index contributed by atoms with van der Waals surface area (Å²) in [6.45, 7) is 0. The molecule has 7 nitrogen and oxygen atoms in total. The van der Waals surface area contributed by atoms with Gasteiger partial charge in [0, 0.05) is 16.7 Å². The van der Waals surface area contributed by atoms with Crippen molar-refractivity contribution in [1.29, 1.82) is 0 Å². The van der Waals surface area contributed by atoms with E-state index >= 15 is 0 Å². The number of nitrogens with zero attached hydrogens (tertiary/aromatic N) is 3. The maximum atomic E-state index is 6.65. The van der Waals surface area contributed by atoms with Crippen LogP contribution < -0.4 is 19.5 Å². The summed E-state index contributed by atoms with van der Waals surface area (Å²) in [6, 6.07) is 24.1. The quantitative estimate of drug-likeness (QED) is 0.491. The van der Waals surface area contributed by atoms with Gasteiger partial charge in [0.2, 0.25) is 5.95 Å². The van der Waals surface area contributed by atoms with E-state index in [0.717, 1.165) is 33.7 Å². The highest BCUT2D eigenvalue weighted by molar-refractivity contribution is 5.85. The average molecular weight is 438 g/mol. The number of rotatable bonds is 4. The van der Waals surface area contributed by atoms with E-state index in [-0.39, 0.29) is 12.1 Å². The van der Waals surface area contributed by atoms with Crippen molar-refractivity contribution in [1.82, 2.24) is 14.8 Å². The van der Waals surface area contributed by atoms with E-state index in [1.807, 2.05) is 59.3 Å². The number of hydrogen-bond donors (Lipinski definition) is 1. The first-order valence-corrected chi connectivity index (χ1v) is 10.7. The number of anilines is 1. The molecule has 1 aromatic heterocycles. The third-order valence-electron chi connectivity index (χ3n) is 6.15. The molecule has 4 aromatic rings. The zero-order chi connectivity index (χ0) is 22.4. The van der Waals surface area contributed by atoms with Crippen molar-refractivity contribution in [2.24, 2.45) is 0 Å². The fourth-order valence-corrected chi connectivity index (χ4v) is 4.66. The van der Waals surface area contributed by atoms with Gasteiger partial charge in [-0.1, -0.05) is 48.5 Å². The Morgan fingerprint density at radius 2 is 1.67 bits per heavy atom. The van der Waals surface area contributed by atoms with Gasteiger partial charge >= 0.3 is 0 Å². The van der Waals surface area contributed by atoms with Crippen LogP contribution in [0, 0.1) is 0 Å². The number of methoxy groups -OCH3 is 2. The van der Waals surface area contributed by atoms with Crippen LogP contribution in [-0.4, -0.2) is 29.0 Å². The van der Waals surface area contributed by atoms with Gasteiger partial charge in [0.05, 0.1) is 19.9 Å². The van der Waals surface area contributed by atoms with Gasteiger partial charge in [-0.05, 0) is 29.8 Å². The molecule has 3 heterocycles. The summed E-state index contributed by atoms with van der Waals surface area (Å²) in [5, 5.41) is 8.08. The summed E-state index contributed by atoms with van der Waals surface area (Å²) in [6.07, 6.45) is 1.21. The van der Waals surface area contributed by atoms with Crippen molar-refractivity contribution in [3.05, 3.63) is 101 Å². The zero-order valence-electron chi connectivity index (χ0n) is 18.2. The summed E-state index contributed by atoms with van der Waals surface area (Å²) in [5.74, 6) is 2.83. The molecule has 6 rings (SSSR count). The zero-order valence-corrected chi connectivity index (χ0v) is 18.2. The van der Waals surface area contributed by atoms with E-state index < -0.39 is 0 Å². The Kier molecular flexibility index (Phi) is 4.54. The minimum atomic E-state index is -0.371. The molecule has 0 aliphatic carbocycles. The van der Waals surface area contributed by atoms with Crippen LogP contribution in [-0.2, 0) is 0 Å². The first-order valence-electron chi connectivity index (χ1n) is 10.7. The minimum Gasteiger partial charge on any atom is -0.493 e. The number of ether oxygens (including phenoxy) is 3. The molecule has 164 valence electrons. The van der Waals surface area contributed by atoms with E-state index in [4.69, 9.17) is 14.2 Å². The number of fused-ring (bicyclic) bond motifs is 3. The van der Waals surface area contributed by atoms with Crippen molar-refractivity contribution in [2.45, 2.75) is 12.1 Å². The molecule has 0 radical (unpaired) electrons. The van der Waals surface area contributed by atoms with Crippen LogP contribution in [0.15, 0.2) is 84.7 Å². The number of aromatic nitrogens is 3. The lowest BCUT2D eigenvalue weighted by molar-refractivity contribution is 0.222. The van der Waals surface area contributed by atoms with Crippen molar-refractivity contribution >= 4 is 11.6 Å². The number of hydrogen-bond acceptors (Lipinski definition) is 6. The number of benzene rings is 3. The van der Waals surface area contributed by atoms with Gasteiger partial charge in [-0.25, -0.2) is 4.68 Å². The van der Waals surface area contributed by atoms with Crippen LogP contribution in [0.3, 0.4) is 0 Å². The van der Waals surface area contributed by atoms with Crippen molar-refractivity contribution in [3.63, 3.8) is 0 Å². The van der Waals surface area contributed by atoms with E-state index in [1.54, 1.807) is 20.5 Å². The molecule has 2 aliphatic rings. The Morgan fingerprint density at radius 1 is 0.879 bits per heavy atom. The molecule has 3 aromatic carbocycles. The largest absolute Gasteiger partial charge is 0.493 e. The molecule has 33 heavy (non-hydrogen) atoms. The van der Waals surface area contributed by atoms with Gasteiger partial charge in [0.25, 0.3) is 0 Å². The van der Waals surface area contributed by atoms with Crippen LogP contribution in [0.4, 0.5) is 5.95 Å². The van der Waals surface area contributed by atoms with Gasteiger partial charge in [0.15, 0.2) is 11.5 Å². The number of para-hydroxylation sites is 1. The van der Waals surface area contributed by atoms with Crippen molar-refractivity contribution in [2.75, 3.05) is 19.5 Å². The molecule has 7 heteroatoms. The smallest absolute Gasteiger partial charge is 0.226 e. The second-order valence-electron chi connectivity index (χ2n) is 7.91. The molecular weight excluding hydrogens is 416 g/mol. The van der Waals surface area contributed by atoms with Gasteiger partial charge in [-0.15, -0.1) is 0 Å². The van der Waals surface area contributed by atoms with Gasteiger partial charge < -0.3 is 19.5 Å². The molecule has 2 atom stereocenters. The fraction of sp³-hybridized carbons (Fsp3) is 0.154. The van der Waals surface area contributed by atoms with Crippen LogP contribution >= 0.6 is 0 Å². The van der Waals surface area contributed by atoms with Crippen LogP contribution in [0.2, 0.25) is 0 Å². The van der Waals surface area contributed by atoms with Gasteiger partial charge in [-0.2, -0.15) is 10.1 Å². The molecular formula is C26H22N4O3. The second-order valence-corrected chi connectivity index (χ2v) is 7.91. The normalized spacial score (nSPS) is 18.4.